The number of rotatable bonds is 5. The molecule has 1 heterocycles. The first kappa shape index (κ1) is 15.2. The summed E-state index contributed by atoms with van der Waals surface area (Å²) in [7, 11) is -4.04. The third-order valence-corrected chi connectivity index (χ3v) is 3.04. The summed E-state index contributed by atoms with van der Waals surface area (Å²) < 4.78 is 26.9. The van der Waals surface area contributed by atoms with Crippen molar-refractivity contribution < 1.29 is 27.5 Å². The zero-order valence-corrected chi connectivity index (χ0v) is 11.2. The zero-order valence-electron chi connectivity index (χ0n) is 10.4. The van der Waals surface area contributed by atoms with Crippen molar-refractivity contribution in [3.8, 4) is 0 Å². The third-order valence-electron chi connectivity index (χ3n) is 2.26. The predicted octanol–water partition coefficient (Wildman–Crippen LogP) is -0.138. The fraction of sp³-hybridized carbons (Fsp3) is 0.400. The Balaban J connectivity index is 3.04. The summed E-state index contributed by atoms with van der Waals surface area (Å²) in [5.74, 6) is -2.17. The molecule has 0 aliphatic rings. The molecular formula is C10H14N2O6S. The topological polar surface area (TPSA) is 131 Å². The molecule has 0 atom stereocenters. The van der Waals surface area contributed by atoms with Gasteiger partial charge in [-0.1, -0.05) is 0 Å². The normalized spacial score (nSPS) is 11.6. The Hall–Kier alpha value is -1.87. The highest BCUT2D eigenvalue weighted by atomic mass is 32.2. The van der Waals surface area contributed by atoms with Gasteiger partial charge in [-0.05, 0) is 26.0 Å². The minimum absolute atomic E-state index is 0.279. The highest BCUT2D eigenvalue weighted by Crippen LogP contribution is 2.15. The maximum atomic E-state index is 12.0. The number of carbonyl (C=O) groups excluding carboxylic acids is 1. The Bertz CT molecular complexity index is 589. The van der Waals surface area contributed by atoms with Gasteiger partial charge in [-0.2, -0.15) is 0 Å². The molecule has 1 rings (SSSR count). The molecule has 1 aromatic rings. The lowest BCUT2D eigenvalue weighted by Gasteiger charge is -2.23. The Morgan fingerprint density at radius 2 is 2.00 bits per heavy atom. The predicted molar refractivity (Wildman–Crippen MR) is 63.9 cm³/mol. The van der Waals surface area contributed by atoms with Crippen molar-refractivity contribution in [2.75, 3.05) is 6.54 Å². The van der Waals surface area contributed by atoms with E-state index >= 15 is 0 Å². The van der Waals surface area contributed by atoms with Crippen LogP contribution in [0, 0.1) is 0 Å². The number of amides is 1. The van der Waals surface area contributed by atoms with E-state index in [1.54, 1.807) is 13.8 Å². The first-order valence-electron chi connectivity index (χ1n) is 5.28. The van der Waals surface area contributed by atoms with Crippen LogP contribution < -0.4 is 5.14 Å². The van der Waals surface area contributed by atoms with E-state index in [1.807, 2.05) is 0 Å². The summed E-state index contributed by atoms with van der Waals surface area (Å²) >= 11 is 0. The van der Waals surface area contributed by atoms with E-state index in [2.05, 4.69) is 0 Å². The van der Waals surface area contributed by atoms with E-state index in [0.717, 1.165) is 17.0 Å². The van der Waals surface area contributed by atoms with Crippen LogP contribution in [0.5, 0.6) is 0 Å². The molecule has 19 heavy (non-hydrogen) atoms. The van der Waals surface area contributed by atoms with Crippen molar-refractivity contribution in [2.24, 2.45) is 5.14 Å². The van der Waals surface area contributed by atoms with Crippen molar-refractivity contribution >= 4 is 21.9 Å². The first-order valence-corrected chi connectivity index (χ1v) is 6.83. The number of primary sulfonamides is 1. The number of carboxylic acids is 1. The lowest BCUT2D eigenvalue weighted by molar-refractivity contribution is -0.138. The molecule has 0 aliphatic carbocycles. The third kappa shape index (κ3) is 3.80. The number of carboxylic acid groups (broad SMARTS) is 1. The molecular weight excluding hydrogens is 276 g/mol. The van der Waals surface area contributed by atoms with E-state index in [9.17, 15) is 18.0 Å². The van der Waals surface area contributed by atoms with E-state index < -0.39 is 33.5 Å². The number of hydrogen-bond donors (Lipinski definition) is 2. The van der Waals surface area contributed by atoms with Gasteiger partial charge in [0.1, 0.15) is 6.54 Å². The molecule has 0 fully saturated rings. The molecule has 0 spiro atoms. The molecule has 9 heteroatoms. The number of furan rings is 1. The monoisotopic (exact) mass is 290 g/mol. The molecule has 1 aromatic heterocycles. The summed E-state index contributed by atoms with van der Waals surface area (Å²) in [4.78, 5) is 23.7. The van der Waals surface area contributed by atoms with Crippen LogP contribution in [0.3, 0.4) is 0 Å². The smallest absolute Gasteiger partial charge is 0.323 e. The second-order valence-electron chi connectivity index (χ2n) is 4.08. The zero-order chi connectivity index (χ0) is 14.8. The van der Waals surface area contributed by atoms with E-state index in [4.69, 9.17) is 14.7 Å². The lowest BCUT2D eigenvalue weighted by atomic mass is 10.3. The van der Waals surface area contributed by atoms with E-state index in [-0.39, 0.29) is 11.8 Å². The molecule has 0 radical (unpaired) electrons. The molecule has 0 saturated heterocycles. The SMILES string of the molecule is CC(C)N(CC(=O)O)C(=O)c1ccc(S(N)(=O)=O)o1. The summed E-state index contributed by atoms with van der Waals surface area (Å²) in [5.41, 5.74) is 0. The molecule has 8 nitrogen and oxygen atoms in total. The van der Waals surface area contributed by atoms with Gasteiger partial charge in [-0.25, -0.2) is 13.6 Å². The van der Waals surface area contributed by atoms with Crippen molar-refractivity contribution in [2.45, 2.75) is 25.0 Å². The maximum Gasteiger partial charge on any atom is 0.323 e. The van der Waals surface area contributed by atoms with Gasteiger partial charge in [-0.3, -0.25) is 9.59 Å². The first-order chi connectivity index (χ1) is 8.62. The molecule has 1 amide bonds. The van der Waals surface area contributed by atoms with Gasteiger partial charge in [0.15, 0.2) is 5.76 Å². The molecule has 0 bridgehead atoms. The van der Waals surface area contributed by atoms with E-state index in [1.165, 1.54) is 0 Å². The number of nitrogens with two attached hydrogens (primary N) is 1. The Kier molecular flexibility index (Phi) is 4.32. The minimum atomic E-state index is -4.04. The van der Waals surface area contributed by atoms with E-state index in [0.29, 0.717) is 0 Å². The van der Waals surface area contributed by atoms with Crippen LogP contribution >= 0.6 is 0 Å². The van der Waals surface area contributed by atoms with Crippen molar-refractivity contribution in [1.29, 1.82) is 0 Å². The molecule has 0 saturated carbocycles. The van der Waals surface area contributed by atoms with Crippen LogP contribution in [-0.2, 0) is 14.8 Å². The number of sulfonamides is 1. The molecule has 0 unspecified atom stereocenters. The summed E-state index contributed by atoms with van der Waals surface area (Å²) in [6.45, 7) is 2.75. The van der Waals surface area contributed by atoms with Gasteiger partial charge in [0.05, 0.1) is 0 Å². The van der Waals surface area contributed by atoms with Crippen LogP contribution in [0.4, 0.5) is 0 Å². The second kappa shape index (κ2) is 5.41. The number of nitrogens with zero attached hydrogens (tertiary/aromatic N) is 1. The molecule has 0 aliphatic heterocycles. The average Bonchev–Trinajstić information content (AvgIpc) is 2.72. The fourth-order valence-corrected chi connectivity index (χ4v) is 1.83. The molecule has 0 aromatic carbocycles. The lowest BCUT2D eigenvalue weighted by Crippen LogP contribution is -2.40. The van der Waals surface area contributed by atoms with Crippen LogP contribution in [-0.4, -0.2) is 42.9 Å². The number of carbonyl (C=O) groups is 2. The Morgan fingerprint density at radius 1 is 1.42 bits per heavy atom. The number of hydrogen-bond acceptors (Lipinski definition) is 5. The van der Waals surface area contributed by atoms with Gasteiger partial charge in [0.25, 0.3) is 15.9 Å². The second-order valence-corrected chi connectivity index (χ2v) is 5.58. The largest absolute Gasteiger partial charge is 0.480 e. The van der Waals surface area contributed by atoms with Crippen LogP contribution in [0.15, 0.2) is 21.6 Å². The van der Waals surface area contributed by atoms with Gasteiger partial charge in [0.2, 0.25) is 5.09 Å². The van der Waals surface area contributed by atoms with Crippen LogP contribution in [0.1, 0.15) is 24.4 Å². The highest BCUT2D eigenvalue weighted by molar-refractivity contribution is 7.89. The summed E-state index contributed by atoms with van der Waals surface area (Å²) in [6.07, 6.45) is 0. The standard InChI is InChI=1S/C10H14N2O6S/c1-6(2)12(5-8(13)14)10(15)7-3-4-9(18-7)19(11,16)17/h3-4,6H,5H2,1-2H3,(H,13,14)(H2,11,16,17). The van der Waals surface area contributed by atoms with Gasteiger partial charge in [0, 0.05) is 6.04 Å². The van der Waals surface area contributed by atoms with Crippen molar-refractivity contribution in [3.63, 3.8) is 0 Å². The summed E-state index contributed by atoms with van der Waals surface area (Å²) in [5, 5.41) is 13.0. The average molecular weight is 290 g/mol. The fourth-order valence-electron chi connectivity index (χ4n) is 1.36. The quantitative estimate of drug-likeness (QED) is 0.776. The van der Waals surface area contributed by atoms with Gasteiger partial charge >= 0.3 is 5.97 Å². The van der Waals surface area contributed by atoms with Crippen molar-refractivity contribution in [3.05, 3.63) is 17.9 Å². The summed E-state index contributed by atoms with van der Waals surface area (Å²) in [6, 6.07) is 1.80. The maximum absolute atomic E-state index is 12.0. The highest BCUT2D eigenvalue weighted by Gasteiger charge is 2.25. The van der Waals surface area contributed by atoms with Gasteiger partial charge < -0.3 is 14.4 Å². The Morgan fingerprint density at radius 3 is 2.37 bits per heavy atom. The van der Waals surface area contributed by atoms with Gasteiger partial charge in [-0.15, -0.1) is 0 Å². The molecule has 106 valence electrons. The number of aliphatic carboxylic acids is 1. The Labute approximate surface area is 109 Å². The van der Waals surface area contributed by atoms with Crippen molar-refractivity contribution in [1.82, 2.24) is 4.90 Å². The molecule has 3 N–H and O–H groups in total. The minimum Gasteiger partial charge on any atom is -0.480 e. The van der Waals surface area contributed by atoms with Crippen LogP contribution in [0.25, 0.3) is 0 Å². The van der Waals surface area contributed by atoms with Crippen LogP contribution in [0.2, 0.25) is 0 Å².